The van der Waals surface area contributed by atoms with Crippen LogP contribution in [0.5, 0.6) is 0 Å². The summed E-state index contributed by atoms with van der Waals surface area (Å²) in [5.74, 6) is 0.136. The third kappa shape index (κ3) is 5.30. The van der Waals surface area contributed by atoms with Gasteiger partial charge in [-0.15, -0.1) is 0 Å². The highest BCUT2D eigenvalue weighted by atomic mass is 32.2. The number of anilines is 1. The Hall–Kier alpha value is -3.06. The van der Waals surface area contributed by atoms with Gasteiger partial charge in [-0.3, -0.25) is 14.2 Å². The molecule has 0 fully saturated rings. The molecule has 6 nitrogen and oxygen atoms in total. The SMILES string of the molecule is CCN(Cc1ccccc1NC(=O)CSc1nccn1-c1ccccc1C)C(C)=O. The van der Waals surface area contributed by atoms with Crippen molar-refractivity contribution in [2.24, 2.45) is 0 Å². The molecule has 0 unspecified atom stereocenters. The van der Waals surface area contributed by atoms with Crippen molar-refractivity contribution in [2.45, 2.75) is 32.5 Å². The Labute approximate surface area is 181 Å². The van der Waals surface area contributed by atoms with Gasteiger partial charge in [0.25, 0.3) is 0 Å². The largest absolute Gasteiger partial charge is 0.339 e. The normalized spacial score (nSPS) is 10.6. The summed E-state index contributed by atoms with van der Waals surface area (Å²) in [7, 11) is 0. The average molecular weight is 423 g/mol. The number of rotatable bonds is 8. The highest BCUT2D eigenvalue weighted by molar-refractivity contribution is 7.99. The fourth-order valence-corrected chi connectivity index (χ4v) is 3.93. The number of amides is 2. The lowest BCUT2D eigenvalue weighted by Gasteiger charge is -2.21. The van der Waals surface area contributed by atoms with Crippen LogP contribution in [0, 0.1) is 6.92 Å². The van der Waals surface area contributed by atoms with E-state index in [1.54, 1.807) is 18.0 Å². The number of carbonyl (C=O) groups excluding carboxylic acids is 2. The molecule has 156 valence electrons. The second-order valence-corrected chi connectivity index (χ2v) is 7.84. The Kier molecular flexibility index (Phi) is 7.30. The molecule has 1 heterocycles. The summed E-state index contributed by atoms with van der Waals surface area (Å²) in [5.41, 5.74) is 3.83. The molecule has 1 aromatic heterocycles. The zero-order valence-corrected chi connectivity index (χ0v) is 18.3. The van der Waals surface area contributed by atoms with E-state index in [-0.39, 0.29) is 17.6 Å². The minimum absolute atomic E-state index is 0.0113. The highest BCUT2D eigenvalue weighted by Gasteiger charge is 2.14. The summed E-state index contributed by atoms with van der Waals surface area (Å²) in [5, 5.41) is 3.74. The lowest BCUT2D eigenvalue weighted by molar-refractivity contribution is -0.129. The van der Waals surface area contributed by atoms with E-state index >= 15 is 0 Å². The molecule has 3 aromatic rings. The quantitative estimate of drug-likeness (QED) is 0.550. The molecule has 0 atom stereocenters. The third-order valence-electron chi connectivity index (χ3n) is 4.79. The summed E-state index contributed by atoms with van der Waals surface area (Å²) < 4.78 is 1.99. The molecule has 7 heteroatoms. The van der Waals surface area contributed by atoms with Crippen molar-refractivity contribution < 1.29 is 9.59 Å². The number of imidazole rings is 1. The number of aryl methyl sites for hydroxylation is 1. The van der Waals surface area contributed by atoms with Crippen LogP contribution in [0.4, 0.5) is 5.69 Å². The molecule has 0 aliphatic rings. The Morgan fingerprint density at radius 1 is 1.13 bits per heavy atom. The van der Waals surface area contributed by atoms with E-state index in [9.17, 15) is 9.59 Å². The molecule has 0 saturated carbocycles. The van der Waals surface area contributed by atoms with Crippen LogP contribution in [-0.4, -0.2) is 38.6 Å². The molecular formula is C23H26N4O2S. The van der Waals surface area contributed by atoms with Crippen LogP contribution in [0.15, 0.2) is 66.1 Å². The second-order valence-electron chi connectivity index (χ2n) is 6.89. The number of nitrogens with zero attached hydrogens (tertiary/aromatic N) is 3. The predicted molar refractivity (Wildman–Crippen MR) is 121 cm³/mol. The number of hydrogen-bond acceptors (Lipinski definition) is 4. The fraction of sp³-hybridized carbons (Fsp3) is 0.261. The minimum Gasteiger partial charge on any atom is -0.339 e. The van der Waals surface area contributed by atoms with Crippen molar-refractivity contribution in [2.75, 3.05) is 17.6 Å². The topological polar surface area (TPSA) is 67.2 Å². The van der Waals surface area contributed by atoms with Gasteiger partial charge in [-0.05, 0) is 37.1 Å². The lowest BCUT2D eigenvalue weighted by atomic mass is 10.1. The van der Waals surface area contributed by atoms with Gasteiger partial charge in [-0.2, -0.15) is 0 Å². The van der Waals surface area contributed by atoms with Crippen molar-refractivity contribution in [3.05, 3.63) is 72.1 Å². The van der Waals surface area contributed by atoms with Crippen LogP contribution >= 0.6 is 11.8 Å². The van der Waals surface area contributed by atoms with Gasteiger partial charge in [0, 0.05) is 38.1 Å². The summed E-state index contributed by atoms with van der Waals surface area (Å²) in [4.78, 5) is 30.5. The standard InChI is InChI=1S/C23H26N4O2S/c1-4-26(18(3)28)15-19-10-6-7-11-20(19)25-22(29)16-30-23-24-13-14-27(23)21-12-8-5-9-17(21)2/h5-14H,4,15-16H2,1-3H3,(H,25,29). The summed E-state index contributed by atoms with van der Waals surface area (Å²) in [6.07, 6.45) is 3.64. The van der Waals surface area contributed by atoms with E-state index in [1.165, 1.54) is 11.8 Å². The lowest BCUT2D eigenvalue weighted by Crippen LogP contribution is -2.28. The summed E-state index contributed by atoms with van der Waals surface area (Å²) in [6, 6.07) is 15.6. The van der Waals surface area contributed by atoms with Gasteiger partial charge < -0.3 is 10.2 Å². The maximum Gasteiger partial charge on any atom is 0.234 e. The van der Waals surface area contributed by atoms with Crippen molar-refractivity contribution in [1.82, 2.24) is 14.5 Å². The number of benzene rings is 2. The number of hydrogen-bond donors (Lipinski definition) is 1. The van der Waals surface area contributed by atoms with Gasteiger partial charge >= 0.3 is 0 Å². The fourth-order valence-electron chi connectivity index (χ4n) is 3.16. The van der Waals surface area contributed by atoms with Crippen LogP contribution in [0.2, 0.25) is 0 Å². The molecule has 0 saturated heterocycles. The van der Waals surface area contributed by atoms with Crippen LogP contribution in [0.25, 0.3) is 5.69 Å². The van der Waals surface area contributed by atoms with Crippen LogP contribution < -0.4 is 5.32 Å². The monoisotopic (exact) mass is 422 g/mol. The first-order chi connectivity index (χ1) is 14.5. The molecule has 0 spiro atoms. The van der Waals surface area contributed by atoms with Gasteiger partial charge in [-0.1, -0.05) is 48.2 Å². The summed E-state index contributed by atoms with van der Waals surface area (Å²) >= 11 is 1.39. The Bertz CT molecular complexity index is 1030. The molecule has 2 aromatic carbocycles. The number of nitrogens with one attached hydrogen (secondary N) is 1. The second kappa shape index (κ2) is 10.1. The van der Waals surface area contributed by atoms with Crippen molar-refractivity contribution >= 4 is 29.3 Å². The van der Waals surface area contributed by atoms with Gasteiger partial charge in [-0.25, -0.2) is 4.98 Å². The Morgan fingerprint density at radius 2 is 1.87 bits per heavy atom. The van der Waals surface area contributed by atoms with Gasteiger partial charge in [0.1, 0.15) is 0 Å². The molecule has 0 radical (unpaired) electrons. The molecule has 30 heavy (non-hydrogen) atoms. The van der Waals surface area contributed by atoms with Crippen molar-refractivity contribution in [1.29, 1.82) is 0 Å². The maximum atomic E-state index is 12.6. The highest BCUT2D eigenvalue weighted by Crippen LogP contribution is 2.23. The maximum absolute atomic E-state index is 12.6. The average Bonchev–Trinajstić information content (AvgIpc) is 3.20. The minimum atomic E-state index is -0.113. The van der Waals surface area contributed by atoms with Gasteiger partial charge in [0.2, 0.25) is 11.8 Å². The predicted octanol–water partition coefficient (Wildman–Crippen LogP) is 4.28. The first-order valence-corrected chi connectivity index (χ1v) is 10.8. The van der Waals surface area contributed by atoms with E-state index in [0.29, 0.717) is 13.1 Å². The van der Waals surface area contributed by atoms with Gasteiger partial charge in [0.05, 0.1) is 11.4 Å². The van der Waals surface area contributed by atoms with Crippen molar-refractivity contribution in [3.63, 3.8) is 0 Å². The number of thioether (sulfide) groups is 1. The molecule has 0 aliphatic heterocycles. The molecule has 0 bridgehead atoms. The molecule has 1 N–H and O–H groups in total. The van der Waals surface area contributed by atoms with E-state index in [4.69, 9.17) is 0 Å². The van der Waals surface area contributed by atoms with E-state index < -0.39 is 0 Å². The Balaban J connectivity index is 1.66. The third-order valence-corrected chi connectivity index (χ3v) is 5.76. The zero-order chi connectivity index (χ0) is 21.5. The van der Waals surface area contributed by atoms with Gasteiger partial charge in [0.15, 0.2) is 5.16 Å². The van der Waals surface area contributed by atoms with E-state index in [2.05, 4.69) is 10.3 Å². The first kappa shape index (κ1) is 21.6. The summed E-state index contributed by atoms with van der Waals surface area (Å²) in [6.45, 7) is 6.63. The molecular weight excluding hydrogens is 396 g/mol. The molecule has 2 amide bonds. The number of carbonyl (C=O) groups is 2. The van der Waals surface area contributed by atoms with Crippen LogP contribution in [0.3, 0.4) is 0 Å². The number of para-hydroxylation sites is 2. The molecule has 3 rings (SSSR count). The smallest absolute Gasteiger partial charge is 0.234 e. The Morgan fingerprint density at radius 3 is 2.60 bits per heavy atom. The van der Waals surface area contributed by atoms with Crippen LogP contribution in [-0.2, 0) is 16.1 Å². The first-order valence-electron chi connectivity index (χ1n) is 9.85. The van der Waals surface area contributed by atoms with E-state index in [1.807, 2.05) is 73.1 Å². The van der Waals surface area contributed by atoms with Crippen molar-refractivity contribution in [3.8, 4) is 5.69 Å². The number of aromatic nitrogens is 2. The molecule has 0 aliphatic carbocycles. The zero-order valence-electron chi connectivity index (χ0n) is 17.5. The van der Waals surface area contributed by atoms with E-state index in [0.717, 1.165) is 27.7 Å². The van der Waals surface area contributed by atoms with Crippen LogP contribution in [0.1, 0.15) is 25.0 Å².